The van der Waals surface area contributed by atoms with Gasteiger partial charge < -0.3 is 15.4 Å². The molecule has 0 aliphatic heterocycles. The largest absolute Gasteiger partial charge is 0.496 e. The van der Waals surface area contributed by atoms with Crippen molar-refractivity contribution in [2.75, 3.05) is 33.8 Å². The molecule has 2 N–H and O–H groups in total. The van der Waals surface area contributed by atoms with Crippen LogP contribution in [0.5, 0.6) is 5.75 Å². The molecule has 3 nitrogen and oxygen atoms in total. The van der Waals surface area contributed by atoms with Gasteiger partial charge in [0.05, 0.1) is 7.11 Å². The summed E-state index contributed by atoms with van der Waals surface area (Å²) in [7, 11) is 3.65. The van der Waals surface area contributed by atoms with E-state index in [1.807, 2.05) is 7.05 Å². The van der Waals surface area contributed by atoms with Crippen LogP contribution in [-0.2, 0) is 6.42 Å². The van der Waals surface area contributed by atoms with Gasteiger partial charge in [-0.15, -0.1) is 0 Å². The van der Waals surface area contributed by atoms with Crippen molar-refractivity contribution in [2.45, 2.75) is 12.8 Å². The topological polar surface area (TPSA) is 38.5 Å². The molecule has 96 valence electrons. The zero-order valence-electron chi connectivity index (χ0n) is 10.6. The Hall–Kier alpha value is -1.13. The molecule has 0 fully saturated rings. The molecule has 0 amide bonds. The van der Waals surface area contributed by atoms with Gasteiger partial charge in [0, 0.05) is 6.54 Å². The second-order valence-electron chi connectivity index (χ2n) is 4.15. The highest BCUT2D eigenvalue weighted by Crippen LogP contribution is 2.19. The Labute approximate surface area is 102 Å². The minimum atomic E-state index is -0.217. The summed E-state index contributed by atoms with van der Waals surface area (Å²) in [6.45, 7) is 2.54. The molecule has 0 saturated carbocycles. The van der Waals surface area contributed by atoms with E-state index in [2.05, 4.69) is 4.90 Å². The monoisotopic (exact) mass is 240 g/mol. The van der Waals surface area contributed by atoms with Gasteiger partial charge in [-0.2, -0.15) is 0 Å². The summed E-state index contributed by atoms with van der Waals surface area (Å²) in [5.74, 6) is 0.532. The standard InChI is InChI=1S/C13H21FN2O/c1-16(8-3-7-15)9-6-11-10-12(14)4-5-13(11)17-2/h4-5,10H,3,6-9,15H2,1-2H3. The van der Waals surface area contributed by atoms with Gasteiger partial charge in [-0.1, -0.05) is 0 Å². The molecule has 0 aromatic heterocycles. The Kier molecular flexibility index (Phi) is 5.94. The second kappa shape index (κ2) is 7.25. The van der Waals surface area contributed by atoms with Crippen molar-refractivity contribution in [3.05, 3.63) is 29.6 Å². The van der Waals surface area contributed by atoms with Crippen LogP contribution in [0.4, 0.5) is 4.39 Å². The molecule has 0 heterocycles. The van der Waals surface area contributed by atoms with Crippen LogP contribution in [0.2, 0.25) is 0 Å². The van der Waals surface area contributed by atoms with Crippen molar-refractivity contribution in [3.63, 3.8) is 0 Å². The predicted molar refractivity (Wildman–Crippen MR) is 67.8 cm³/mol. The number of methoxy groups -OCH3 is 1. The number of hydrogen-bond acceptors (Lipinski definition) is 3. The van der Waals surface area contributed by atoms with E-state index in [0.29, 0.717) is 6.54 Å². The minimum Gasteiger partial charge on any atom is -0.496 e. The van der Waals surface area contributed by atoms with Crippen LogP contribution in [0.25, 0.3) is 0 Å². The van der Waals surface area contributed by atoms with Crippen LogP contribution in [-0.4, -0.2) is 38.7 Å². The van der Waals surface area contributed by atoms with Crippen molar-refractivity contribution in [3.8, 4) is 5.75 Å². The Balaban J connectivity index is 2.52. The number of nitrogens with two attached hydrogens (primary N) is 1. The fourth-order valence-electron chi connectivity index (χ4n) is 1.73. The fraction of sp³-hybridized carbons (Fsp3) is 0.538. The highest BCUT2D eigenvalue weighted by atomic mass is 19.1. The maximum atomic E-state index is 13.1. The number of nitrogens with zero attached hydrogens (tertiary/aromatic N) is 1. The zero-order chi connectivity index (χ0) is 12.7. The van der Waals surface area contributed by atoms with Crippen LogP contribution in [0.15, 0.2) is 18.2 Å². The van der Waals surface area contributed by atoms with Crippen molar-refractivity contribution in [1.29, 1.82) is 0 Å². The molecule has 1 aromatic carbocycles. The lowest BCUT2D eigenvalue weighted by atomic mass is 10.1. The van der Waals surface area contributed by atoms with Gasteiger partial charge >= 0.3 is 0 Å². The third kappa shape index (κ3) is 4.71. The minimum absolute atomic E-state index is 0.217. The first-order valence-electron chi connectivity index (χ1n) is 5.88. The third-order valence-corrected chi connectivity index (χ3v) is 2.75. The van der Waals surface area contributed by atoms with E-state index in [9.17, 15) is 4.39 Å². The predicted octanol–water partition coefficient (Wildman–Crippen LogP) is 1.66. The SMILES string of the molecule is COc1ccc(F)cc1CCN(C)CCCN. The Bertz CT molecular complexity index is 344. The first-order chi connectivity index (χ1) is 8.17. The second-order valence-corrected chi connectivity index (χ2v) is 4.15. The summed E-state index contributed by atoms with van der Waals surface area (Å²) in [5, 5.41) is 0. The van der Waals surface area contributed by atoms with Gasteiger partial charge in [0.2, 0.25) is 0 Å². The Morgan fingerprint density at radius 1 is 1.35 bits per heavy atom. The average molecular weight is 240 g/mol. The van der Waals surface area contributed by atoms with Crippen LogP contribution in [0.3, 0.4) is 0 Å². The van der Waals surface area contributed by atoms with E-state index < -0.39 is 0 Å². The molecule has 4 heteroatoms. The van der Waals surface area contributed by atoms with Crippen LogP contribution in [0.1, 0.15) is 12.0 Å². The highest BCUT2D eigenvalue weighted by molar-refractivity contribution is 5.34. The van der Waals surface area contributed by atoms with E-state index in [1.165, 1.54) is 12.1 Å². The molecule has 0 unspecified atom stereocenters. The maximum absolute atomic E-state index is 13.1. The quantitative estimate of drug-likeness (QED) is 0.787. The number of rotatable bonds is 7. The zero-order valence-corrected chi connectivity index (χ0v) is 10.6. The average Bonchev–Trinajstić information content (AvgIpc) is 2.34. The van der Waals surface area contributed by atoms with Crippen molar-refractivity contribution in [1.82, 2.24) is 4.90 Å². The highest BCUT2D eigenvalue weighted by Gasteiger charge is 2.06. The maximum Gasteiger partial charge on any atom is 0.123 e. The summed E-state index contributed by atoms with van der Waals surface area (Å²) >= 11 is 0. The van der Waals surface area contributed by atoms with E-state index in [1.54, 1.807) is 13.2 Å². The molecule has 0 aliphatic rings. The van der Waals surface area contributed by atoms with E-state index in [0.717, 1.165) is 37.2 Å². The van der Waals surface area contributed by atoms with Gasteiger partial charge in [-0.3, -0.25) is 0 Å². The summed E-state index contributed by atoms with van der Waals surface area (Å²) < 4.78 is 18.3. The summed E-state index contributed by atoms with van der Waals surface area (Å²) in [6, 6.07) is 4.63. The molecule has 0 radical (unpaired) electrons. The summed E-state index contributed by atoms with van der Waals surface area (Å²) in [4.78, 5) is 2.19. The molecular weight excluding hydrogens is 219 g/mol. The smallest absolute Gasteiger partial charge is 0.123 e. The molecular formula is C13H21FN2O. The van der Waals surface area contributed by atoms with Gasteiger partial charge in [0.15, 0.2) is 0 Å². The van der Waals surface area contributed by atoms with Crippen molar-refractivity contribution < 1.29 is 9.13 Å². The molecule has 0 bridgehead atoms. The molecule has 0 aliphatic carbocycles. The Morgan fingerprint density at radius 2 is 2.12 bits per heavy atom. The number of likely N-dealkylation sites (N-methyl/N-ethyl adjacent to an activating group) is 1. The third-order valence-electron chi connectivity index (χ3n) is 2.75. The van der Waals surface area contributed by atoms with E-state index in [-0.39, 0.29) is 5.82 Å². The first-order valence-corrected chi connectivity index (χ1v) is 5.88. The van der Waals surface area contributed by atoms with Gasteiger partial charge in [-0.05, 0) is 56.7 Å². The van der Waals surface area contributed by atoms with Crippen molar-refractivity contribution in [2.24, 2.45) is 5.73 Å². The Morgan fingerprint density at radius 3 is 2.76 bits per heavy atom. The lowest BCUT2D eigenvalue weighted by molar-refractivity contribution is 0.332. The number of benzene rings is 1. The number of halogens is 1. The molecule has 17 heavy (non-hydrogen) atoms. The number of hydrogen-bond donors (Lipinski definition) is 1. The summed E-state index contributed by atoms with van der Waals surface area (Å²) in [6.07, 6.45) is 1.76. The summed E-state index contributed by atoms with van der Waals surface area (Å²) in [5.41, 5.74) is 6.36. The van der Waals surface area contributed by atoms with Crippen LogP contribution < -0.4 is 10.5 Å². The van der Waals surface area contributed by atoms with Crippen LogP contribution in [0, 0.1) is 5.82 Å². The lowest BCUT2D eigenvalue weighted by Crippen LogP contribution is -2.24. The molecule has 0 atom stereocenters. The van der Waals surface area contributed by atoms with Crippen LogP contribution >= 0.6 is 0 Å². The van der Waals surface area contributed by atoms with E-state index >= 15 is 0 Å². The molecule has 0 spiro atoms. The fourth-order valence-corrected chi connectivity index (χ4v) is 1.73. The lowest BCUT2D eigenvalue weighted by Gasteiger charge is -2.17. The molecule has 0 saturated heterocycles. The first kappa shape index (κ1) is 13.9. The molecule has 1 rings (SSSR count). The normalized spacial score (nSPS) is 10.9. The van der Waals surface area contributed by atoms with E-state index in [4.69, 9.17) is 10.5 Å². The van der Waals surface area contributed by atoms with Gasteiger partial charge in [-0.25, -0.2) is 4.39 Å². The van der Waals surface area contributed by atoms with Crippen molar-refractivity contribution >= 4 is 0 Å². The molecule has 1 aromatic rings. The number of ether oxygens (including phenoxy) is 1. The van der Waals surface area contributed by atoms with Gasteiger partial charge in [0.25, 0.3) is 0 Å². The van der Waals surface area contributed by atoms with Gasteiger partial charge in [0.1, 0.15) is 11.6 Å².